The van der Waals surface area contributed by atoms with Crippen molar-refractivity contribution >= 4 is 17.0 Å². The summed E-state index contributed by atoms with van der Waals surface area (Å²) < 4.78 is 18.1. The lowest BCUT2D eigenvalue weighted by molar-refractivity contribution is 0.122. The van der Waals surface area contributed by atoms with Crippen molar-refractivity contribution in [3.63, 3.8) is 0 Å². The van der Waals surface area contributed by atoms with Crippen molar-refractivity contribution in [3.8, 4) is 0 Å². The van der Waals surface area contributed by atoms with Crippen LogP contribution in [0.25, 0.3) is 10.9 Å². The van der Waals surface area contributed by atoms with E-state index in [1.165, 1.54) is 24.3 Å². The number of amides is 1. The Morgan fingerprint density at radius 2 is 1.87 bits per heavy atom. The Bertz CT molecular complexity index is 922. The molecule has 3 N–H and O–H groups in total. The van der Waals surface area contributed by atoms with Crippen LogP contribution in [0, 0.1) is 5.82 Å². The molecule has 3 aromatic rings. The maximum absolute atomic E-state index is 13.1. The van der Waals surface area contributed by atoms with Gasteiger partial charge in [-0.2, -0.15) is 0 Å². The van der Waals surface area contributed by atoms with E-state index in [-0.39, 0.29) is 11.4 Å². The highest BCUT2D eigenvalue weighted by molar-refractivity contribution is 5.77. The number of halogens is 1. The molecule has 0 radical (unpaired) electrons. The number of nitrogens with one attached hydrogen (secondary N) is 1. The quantitative estimate of drug-likeness (QED) is 0.774. The average molecular weight is 313 g/mol. The van der Waals surface area contributed by atoms with Gasteiger partial charge in [-0.05, 0) is 24.3 Å². The third kappa shape index (κ3) is 3.03. The standard InChI is InChI=1S/C16H12FN3O3/c17-10-7-5-9(6-8-10)13(23-16(18)22)14-19-12-4-2-1-3-11(12)15(21)20-14/h1-8,13H,(H2,18,22)(H,19,20,21). The van der Waals surface area contributed by atoms with Gasteiger partial charge in [0.25, 0.3) is 5.56 Å². The van der Waals surface area contributed by atoms with Gasteiger partial charge in [-0.15, -0.1) is 0 Å². The third-order valence-corrected chi connectivity index (χ3v) is 3.29. The molecule has 1 atom stereocenters. The van der Waals surface area contributed by atoms with Crippen molar-refractivity contribution in [2.75, 3.05) is 0 Å². The number of carbonyl (C=O) groups excluding carboxylic acids is 1. The molecule has 1 heterocycles. The zero-order valence-electron chi connectivity index (χ0n) is 11.8. The van der Waals surface area contributed by atoms with Crippen LogP contribution in [0.4, 0.5) is 9.18 Å². The molecule has 6 nitrogen and oxygen atoms in total. The number of ether oxygens (including phenoxy) is 1. The largest absolute Gasteiger partial charge is 0.433 e. The van der Waals surface area contributed by atoms with Gasteiger partial charge in [0.15, 0.2) is 11.9 Å². The lowest BCUT2D eigenvalue weighted by Gasteiger charge is -2.16. The number of para-hydroxylation sites is 1. The molecule has 0 aliphatic heterocycles. The lowest BCUT2D eigenvalue weighted by Crippen LogP contribution is -2.22. The van der Waals surface area contributed by atoms with E-state index in [1.807, 2.05) is 0 Å². The second-order valence-corrected chi connectivity index (χ2v) is 4.84. The zero-order chi connectivity index (χ0) is 16.4. The fourth-order valence-corrected chi connectivity index (χ4v) is 2.26. The molecular weight excluding hydrogens is 301 g/mol. The first-order valence-electron chi connectivity index (χ1n) is 6.75. The predicted octanol–water partition coefficient (Wildman–Crippen LogP) is 2.25. The van der Waals surface area contributed by atoms with Gasteiger partial charge >= 0.3 is 6.09 Å². The molecule has 0 saturated heterocycles. The number of primary amides is 1. The number of benzene rings is 2. The van der Waals surface area contributed by atoms with Gasteiger partial charge in [-0.3, -0.25) is 4.79 Å². The molecule has 0 aliphatic carbocycles. The minimum atomic E-state index is -1.04. The molecule has 0 fully saturated rings. The van der Waals surface area contributed by atoms with Gasteiger partial charge in [0, 0.05) is 5.56 Å². The van der Waals surface area contributed by atoms with Gasteiger partial charge in [-0.25, -0.2) is 14.2 Å². The molecule has 1 aromatic heterocycles. The molecule has 1 amide bonds. The van der Waals surface area contributed by atoms with Crippen molar-refractivity contribution in [2.24, 2.45) is 5.73 Å². The normalized spacial score (nSPS) is 12.0. The van der Waals surface area contributed by atoms with E-state index in [0.717, 1.165) is 0 Å². The summed E-state index contributed by atoms with van der Waals surface area (Å²) in [4.78, 5) is 30.2. The number of nitrogens with zero attached hydrogens (tertiary/aromatic N) is 1. The third-order valence-electron chi connectivity index (χ3n) is 3.29. The lowest BCUT2D eigenvalue weighted by atomic mass is 10.1. The summed E-state index contributed by atoms with van der Waals surface area (Å²) in [5.41, 5.74) is 5.61. The molecule has 0 saturated carbocycles. The van der Waals surface area contributed by atoms with E-state index in [2.05, 4.69) is 9.97 Å². The molecule has 0 spiro atoms. The molecule has 0 aliphatic rings. The highest BCUT2D eigenvalue weighted by Gasteiger charge is 2.21. The first-order chi connectivity index (χ1) is 11.0. The summed E-state index contributed by atoms with van der Waals surface area (Å²) in [5.74, 6) is -0.328. The Kier molecular flexibility index (Phi) is 3.76. The number of aromatic nitrogens is 2. The monoisotopic (exact) mass is 313 g/mol. The molecule has 116 valence electrons. The molecule has 3 rings (SSSR count). The highest BCUT2D eigenvalue weighted by Crippen LogP contribution is 2.24. The number of H-pyrrole nitrogens is 1. The van der Waals surface area contributed by atoms with Gasteiger partial charge in [0.1, 0.15) is 5.82 Å². The highest BCUT2D eigenvalue weighted by atomic mass is 19.1. The SMILES string of the molecule is NC(=O)OC(c1ccc(F)cc1)c1nc2ccccc2c(=O)[nH]1. The van der Waals surface area contributed by atoms with Gasteiger partial charge < -0.3 is 15.5 Å². The number of fused-ring (bicyclic) bond motifs is 1. The summed E-state index contributed by atoms with van der Waals surface area (Å²) in [6.07, 6.45) is -2.07. The molecule has 7 heteroatoms. The summed E-state index contributed by atoms with van der Waals surface area (Å²) >= 11 is 0. The Morgan fingerprint density at radius 3 is 2.57 bits per heavy atom. The minimum Gasteiger partial charge on any atom is -0.433 e. The molecule has 0 bridgehead atoms. The summed E-state index contributed by atoms with van der Waals surface area (Å²) in [5, 5.41) is 0.410. The van der Waals surface area contributed by atoms with E-state index in [0.29, 0.717) is 16.5 Å². The second kappa shape index (κ2) is 5.88. The van der Waals surface area contributed by atoms with Crippen LogP contribution in [0.15, 0.2) is 53.3 Å². The van der Waals surface area contributed by atoms with Crippen molar-refractivity contribution in [2.45, 2.75) is 6.10 Å². The van der Waals surface area contributed by atoms with Crippen LogP contribution in [0.1, 0.15) is 17.5 Å². The molecule has 1 unspecified atom stereocenters. The Labute approximate surface area is 129 Å². The van der Waals surface area contributed by atoms with Gasteiger partial charge in [0.2, 0.25) is 0 Å². The Hall–Kier alpha value is -3.22. The van der Waals surface area contributed by atoms with Crippen molar-refractivity contribution in [3.05, 3.63) is 76.1 Å². The van der Waals surface area contributed by atoms with Crippen LogP contribution in [0.3, 0.4) is 0 Å². The van der Waals surface area contributed by atoms with E-state index >= 15 is 0 Å². The Balaban J connectivity index is 2.14. The smallest absolute Gasteiger partial charge is 0.405 e. The van der Waals surface area contributed by atoms with Gasteiger partial charge in [0.05, 0.1) is 10.9 Å². The van der Waals surface area contributed by atoms with Crippen molar-refractivity contribution < 1.29 is 13.9 Å². The van der Waals surface area contributed by atoms with Crippen LogP contribution in [-0.4, -0.2) is 16.1 Å². The van der Waals surface area contributed by atoms with Crippen LogP contribution in [-0.2, 0) is 4.74 Å². The summed E-state index contributed by atoms with van der Waals surface area (Å²) in [6, 6.07) is 12.0. The number of hydrogen-bond donors (Lipinski definition) is 2. The Morgan fingerprint density at radius 1 is 1.17 bits per heavy atom. The van der Waals surface area contributed by atoms with Crippen LogP contribution in [0.5, 0.6) is 0 Å². The zero-order valence-corrected chi connectivity index (χ0v) is 11.8. The van der Waals surface area contributed by atoms with Crippen LogP contribution in [0.2, 0.25) is 0 Å². The topological polar surface area (TPSA) is 98.1 Å². The van der Waals surface area contributed by atoms with Gasteiger partial charge in [-0.1, -0.05) is 24.3 Å². The molecule has 2 aromatic carbocycles. The maximum atomic E-state index is 13.1. The van der Waals surface area contributed by atoms with Crippen molar-refractivity contribution in [1.29, 1.82) is 0 Å². The minimum absolute atomic E-state index is 0.110. The number of carbonyl (C=O) groups is 1. The number of nitrogens with two attached hydrogens (primary N) is 1. The molecular formula is C16H12FN3O3. The fraction of sp³-hybridized carbons (Fsp3) is 0.0625. The van der Waals surface area contributed by atoms with E-state index in [1.54, 1.807) is 24.3 Å². The number of aromatic amines is 1. The first kappa shape index (κ1) is 14.7. The van der Waals surface area contributed by atoms with Crippen LogP contribution >= 0.6 is 0 Å². The van der Waals surface area contributed by atoms with E-state index < -0.39 is 18.0 Å². The maximum Gasteiger partial charge on any atom is 0.405 e. The average Bonchev–Trinajstić information content (AvgIpc) is 2.53. The predicted molar refractivity (Wildman–Crippen MR) is 81.3 cm³/mol. The van der Waals surface area contributed by atoms with Crippen molar-refractivity contribution in [1.82, 2.24) is 9.97 Å². The van der Waals surface area contributed by atoms with E-state index in [4.69, 9.17) is 10.5 Å². The second-order valence-electron chi connectivity index (χ2n) is 4.84. The number of rotatable bonds is 3. The summed E-state index contributed by atoms with van der Waals surface area (Å²) in [7, 11) is 0. The van der Waals surface area contributed by atoms with Crippen LogP contribution < -0.4 is 11.3 Å². The van der Waals surface area contributed by atoms with E-state index in [9.17, 15) is 14.0 Å². The fourth-order valence-electron chi connectivity index (χ4n) is 2.26. The number of hydrogen-bond acceptors (Lipinski definition) is 4. The molecule has 23 heavy (non-hydrogen) atoms. The first-order valence-corrected chi connectivity index (χ1v) is 6.75. The summed E-state index contributed by atoms with van der Waals surface area (Å²) in [6.45, 7) is 0.